The second kappa shape index (κ2) is 7.24. The SMILES string of the molecule is CCCNC(CCC)CC(C)(C)OC. The maximum atomic E-state index is 5.45. The zero-order valence-corrected chi connectivity index (χ0v) is 10.5. The summed E-state index contributed by atoms with van der Waals surface area (Å²) in [5.41, 5.74) is 0.000574. The van der Waals surface area contributed by atoms with Crippen molar-refractivity contribution in [2.45, 2.75) is 65.0 Å². The van der Waals surface area contributed by atoms with Crippen molar-refractivity contribution in [3.8, 4) is 0 Å². The number of rotatable bonds is 8. The van der Waals surface area contributed by atoms with Gasteiger partial charge in [0.1, 0.15) is 0 Å². The summed E-state index contributed by atoms with van der Waals surface area (Å²) in [6.45, 7) is 9.87. The van der Waals surface area contributed by atoms with Crippen molar-refractivity contribution in [3.05, 3.63) is 0 Å². The first-order valence-corrected chi connectivity index (χ1v) is 5.84. The van der Waals surface area contributed by atoms with Crippen LogP contribution in [0, 0.1) is 0 Å². The summed E-state index contributed by atoms with van der Waals surface area (Å²) in [5, 5.41) is 3.58. The van der Waals surface area contributed by atoms with E-state index in [0.29, 0.717) is 6.04 Å². The Bertz CT molecular complexity index is 134. The van der Waals surface area contributed by atoms with Gasteiger partial charge in [-0.2, -0.15) is 0 Å². The molecule has 14 heavy (non-hydrogen) atoms. The number of ether oxygens (including phenoxy) is 1. The zero-order valence-electron chi connectivity index (χ0n) is 10.5. The first-order valence-electron chi connectivity index (χ1n) is 5.84. The highest BCUT2D eigenvalue weighted by atomic mass is 16.5. The van der Waals surface area contributed by atoms with Crippen molar-refractivity contribution in [1.82, 2.24) is 5.32 Å². The van der Waals surface area contributed by atoms with E-state index in [1.165, 1.54) is 19.3 Å². The lowest BCUT2D eigenvalue weighted by Crippen LogP contribution is -2.37. The van der Waals surface area contributed by atoms with Crippen LogP contribution in [0.2, 0.25) is 0 Å². The Kier molecular flexibility index (Phi) is 7.20. The monoisotopic (exact) mass is 201 g/mol. The van der Waals surface area contributed by atoms with Gasteiger partial charge in [-0.15, -0.1) is 0 Å². The molecule has 0 aliphatic carbocycles. The topological polar surface area (TPSA) is 21.3 Å². The van der Waals surface area contributed by atoms with E-state index in [4.69, 9.17) is 4.74 Å². The minimum absolute atomic E-state index is 0.000574. The van der Waals surface area contributed by atoms with Gasteiger partial charge >= 0.3 is 0 Å². The fraction of sp³-hybridized carbons (Fsp3) is 1.00. The van der Waals surface area contributed by atoms with E-state index >= 15 is 0 Å². The lowest BCUT2D eigenvalue weighted by molar-refractivity contribution is 0.00635. The van der Waals surface area contributed by atoms with Gasteiger partial charge in [0.25, 0.3) is 0 Å². The molecule has 0 rings (SSSR count). The van der Waals surface area contributed by atoms with Gasteiger partial charge in [-0.05, 0) is 39.7 Å². The molecule has 0 aliphatic heterocycles. The second-order valence-electron chi connectivity index (χ2n) is 4.61. The van der Waals surface area contributed by atoms with Crippen LogP contribution in [0.3, 0.4) is 0 Å². The van der Waals surface area contributed by atoms with Gasteiger partial charge in [0, 0.05) is 13.2 Å². The van der Waals surface area contributed by atoms with Crippen molar-refractivity contribution in [2.75, 3.05) is 13.7 Å². The van der Waals surface area contributed by atoms with Gasteiger partial charge in [0.05, 0.1) is 5.60 Å². The number of methoxy groups -OCH3 is 1. The highest BCUT2D eigenvalue weighted by molar-refractivity contribution is 4.77. The maximum Gasteiger partial charge on any atom is 0.0637 e. The molecule has 0 saturated heterocycles. The second-order valence-corrected chi connectivity index (χ2v) is 4.61. The Morgan fingerprint density at radius 2 is 1.86 bits per heavy atom. The fourth-order valence-electron chi connectivity index (χ4n) is 1.65. The van der Waals surface area contributed by atoms with E-state index in [9.17, 15) is 0 Å². The van der Waals surface area contributed by atoms with Crippen molar-refractivity contribution in [3.63, 3.8) is 0 Å². The van der Waals surface area contributed by atoms with Crippen LogP contribution >= 0.6 is 0 Å². The molecule has 1 atom stereocenters. The van der Waals surface area contributed by atoms with Crippen LogP contribution in [0.4, 0.5) is 0 Å². The Balaban J connectivity index is 3.94. The molecule has 0 fully saturated rings. The van der Waals surface area contributed by atoms with E-state index in [1.807, 2.05) is 0 Å². The minimum Gasteiger partial charge on any atom is -0.379 e. The van der Waals surface area contributed by atoms with Gasteiger partial charge < -0.3 is 10.1 Å². The molecule has 1 unspecified atom stereocenters. The Morgan fingerprint density at radius 1 is 1.21 bits per heavy atom. The number of hydrogen-bond acceptors (Lipinski definition) is 2. The summed E-state index contributed by atoms with van der Waals surface area (Å²) < 4.78 is 5.45. The van der Waals surface area contributed by atoms with Crippen molar-refractivity contribution in [1.29, 1.82) is 0 Å². The Hall–Kier alpha value is -0.0800. The molecular weight excluding hydrogens is 174 g/mol. The molecule has 0 aliphatic rings. The molecule has 0 heterocycles. The third kappa shape index (κ3) is 6.39. The van der Waals surface area contributed by atoms with E-state index in [2.05, 4.69) is 33.0 Å². The average molecular weight is 201 g/mol. The fourth-order valence-corrected chi connectivity index (χ4v) is 1.65. The summed E-state index contributed by atoms with van der Waals surface area (Å²) in [6, 6.07) is 0.606. The standard InChI is InChI=1S/C12H27NO/c1-6-8-11(13-9-7-2)10-12(3,4)14-5/h11,13H,6-10H2,1-5H3. The normalized spacial score (nSPS) is 14.4. The van der Waals surface area contributed by atoms with E-state index < -0.39 is 0 Å². The summed E-state index contributed by atoms with van der Waals surface area (Å²) >= 11 is 0. The first-order chi connectivity index (χ1) is 6.55. The zero-order chi connectivity index (χ0) is 11.0. The summed E-state index contributed by atoms with van der Waals surface area (Å²) in [4.78, 5) is 0. The highest BCUT2D eigenvalue weighted by Crippen LogP contribution is 2.18. The number of nitrogens with one attached hydrogen (secondary N) is 1. The van der Waals surface area contributed by atoms with Gasteiger partial charge in [0.2, 0.25) is 0 Å². The molecule has 2 nitrogen and oxygen atoms in total. The molecule has 0 aromatic carbocycles. The molecule has 0 aromatic rings. The van der Waals surface area contributed by atoms with E-state index in [0.717, 1.165) is 13.0 Å². The molecule has 1 N–H and O–H groups in total. The van der Waals surface area contributed by atoms with Gasteiger partial charge in [-0.25, -0.2) is 0 Å². The molecular formula is C12H27NO. The molecule has 0 saturated carbocycles. The molecule has 0 bridgehead atoms. The van der Waals surface area contributed by atoms with Crippen molar-refractivity contribution < 1.29 is 4.74 Å². The van der Waals surface area contributed by atoms with Gasteiger partial charge in [-0.3, -0.25) is 0 Å². The van der Waals surface area contributed by atoms with Crippen LogP contribution in [0.25, 0.3) is 0 Å². The van der Waals surface area contributed by atoms with Crippen LogP contribution in [-0.2, 0) is 4.74 Å². The lowest BCUT2D eigenvalue weighted by Gasteiger charge is -2.29. The minimum atomic E-state index is 0.000574. The molecule has 0 spiro atoms. The molecule has 2 heteroatoms. The van der Waals surface area contributed by atoms with Crippen LogP contribution in [0.5, 0.6) is 0 Å². The van der Waals surface area contributed by atoms with E-state index in [-0.39, 0.29) is 5.60 Å². The van der Waals surface area contributed by atoms with Crippen LogP contribution < -0.4 is 5.32 Å². The number of hydrogen-bond donors (Lipinski definition) is 1. The van der Waals surface area contributed by atoms with Crippen molar-refractivity contribution in [2.24, 2.45) is 0 Å². The van der Waals surface area contributed by atoms with Crippen molar-refractivity contribution >= 4 is 0 Å². The molecule has 0 radical (unpaired) electrons. The first kappa shape index (κ1) is 13.9. The largest absolute Gasteiger partial charge is 0.379 e. The summed E-state index contributed by atoms with van der Waals surface area (Å²) in [7, 11) is 1.79. The van der Waals surface area contributed by atoms with Crippen LogP contribution in [-0.4, -0.2) is 25.3 Å². The maximum absolute atomic E-state index is 5.45. The average Bonchev–Trinajstić information content (AvgIpc) is 2.14. The lowest BCUT2D eigenvalue weighted by atomic mass is 9.96. The molecule has 86 valence electrons. The highest BCUT2D eigenvalue weighted by Gasteiger charge is 2.21. The third-order valence-corrected chi connectivity index (χ3v) is 2.61. The van der Waals surface area contributed by atoms with Gasteiger partial charge in [0.15, 0.2) is 0 Å². The third-order valence-electron chi connectivity index (χ3n) is 2.61. The van der Waals surface area contributed by atoms with Crippen LogP contribution in [0.1, 0.15) is 53.4 Å². The predicted octanol–water partition coefficient (Wildman–Crippen LogP) is 2.97. The molecule has 0 amide bonds. The Morgan fingerprint density at radius 3 is 2.29 bits per heavy atom. The van der Waals surface area contributed by atoms with E-state index in [1.54, 1.807) is 7.11 Å². The molecule has 0 aromatic heterocycles. The van der Waals surface area contributed by atoms with Gasteiger partial charge in [-0.1, -0.05) is 20.3 Å². The van der Waals surface area contributed by atoms with Crippen LogP contribution in [0.15, 0.2) is 0 Å². The summed E-state index contributed by atoms with van der Waals surface area (Å²) in [6.07, 6.45) is 4.78. The quantitative estimate of drug-likeness (QED) is 0.652. The Labute approximate surface area is 89.4 Å². The smallest absolute Gasteiger partial charge is 0.0637 e. The predicted molar refractivity (Wildman–Crippen MR) is 62.7 cm³/mol. The summed E-state index contributed by atoms with van der Waals surface area (Å²) in [5.74, 6) is 0.